The third-order valence-electron chi connectivity index (χ3n) is 1.24. The molecule has 3 heteroatoms. The van der Waals surface area contributed by atoms with E-state index in [4.69, 9.17) is 0 Å². The Morgan fingerprint density at radius 1 is 1.70 bits per heavy atom. The highest BCUT2D eigenvalue weighted by Crippen LogP contribution is 2.03. The van der Waals surface area contributed by atoms with Gasteiger partial charge >= 0.3 is 0 Å². The first-order valence-electron chi connectivity index (χ1n) is 3.31. The third-order valence-corrected chi connectivity index (χ3v) is 1.24. The van der Waals surface area contributed by atoms with Gasteiger partial charge in [-0.25, -0.2) is 0 Å². The molecule has 0 spiro atoms. The van der Waals surface area contributed by atoms with Crippen molar-refractivity contribution >= 4 is 5.91 Å². The Hall–Kier alpha value is -0.860. The molecule has 0 heterocycles. The lowest BCUT2D eigenvalue weighted by Gasteiger charge is -1.98. The fraction of sp³-hybridized carbons (Fsp3) is 0.571. The second kappa shape index (κ2) is 4.97. The summed E-state index contributed by atoms with van der Waals surface area (Å²) in [4.78, 5) is 10.4. The average molecular weight is 145 g/mol. The van der Waals surface area contributed by atoms with Gasteiger partial charge in [0.15, 0.2) is 0 Å². The molecule has 2 nitrogen and oxygen atoms in total. The van der Waals surface area contributed by atoms with Crippen LogP contribution >= 0.6 is 0 Å². The number of rotatable bonds is 4. The van der Waals surface area contributed by atoms with Crippen molar-refractivity contribution in [2.45, 2.75) is 26.2 Å². The summed E-state index contributed by atoms with van der Waals surface area (Å²) < 4.78 is 11.4. The van der Waals surface area contributed by atoms with E-state index >= 15 is 0 Å². The Morgan fingerprint density at radius 3 is 2.70 bits per heavy atom. The summed E-state index contributed by atoms with van der Waals surface area (Å²) in [7, 11) is 0. The number of unbranched alkanes of at least 4 members (excludes halogenated alkanes) is 1. The van der Waals surface area contributed by atoms with Crippen LogP contribution in [0.2, 0.25) is 0 Å². The van der Waals surface area contributed by atoms with Gasteiger partial charge in [-0.3, -0.25) is 4.79 Å². The molecule has 1 N–H and O–H groups in total. The van der Waals surface area contributed by atoms with E-state index in [1.165, 1.54) is 0 Å². The summed E-state index contributed by atoms with van der Waals surface area (Å²) in [6.45, 7) is 5.41. The topological polar surface area (TPSA) is 29.1 Å². The van der Waals surface area contributed by atoms with Gasteiger partial charge in [0.1, 0.15) is 0 Å². The van der Waals surface area contributed by atoms with Gasteiger partial charge in [0.25, 0.3) is 5.91 Å². The van der Waals surface area contributed by atoms with E-state index in [0.29, 0.717) is 12.0 Å². The smallest absolute Gasteiger partial charge is 0.267 e. The maximum Gasteiger partial charge on any atom is 0.274 e. The highest BCUT2D eigenvalue weighted by molar-refractivity contribution is 5.91. The average Bonchev–Trinajstić information content (AvgIpc) is 1.98. The normalized spacial score (nSPS) is 9.00. The van der Waals surface area contributed by atoms with Gasteiger partial charge in [0, 0.05) is 5.57 Å². The highest BCUT2D eigenvalue weighted by atomic mass is 19.2. The first-order valence-corrected chi connectivity index (χ1v) is 3.31. The molecule has 0 saturated carbocycles. The van der Waals surface area contributed by atoms with Crippen molar-refractivity contribution in [2.24, 2.45) is 0 Å². The molecule has 0 radical (unpaired) electrons. The van der Waals surface area contributed by atoms with E-state index in [2.05, 4.69) is 6.58 Å². The Bertz CT molecular complexity index is 134. The minimum absolute atomic E-state index is 0.310. The van der Waals surface area contributed by atoms with Crippen molar-refractivity contribution in [3.05, 3.63) is 12.2 Å². The van der Waals surface area contributed by atoms with Crippen molar-refractivity contribution in [3.63, 3.8) is 0 Å². The van der Waals surface area contributed by atoms with Gasteiger partial charge in [-0.15, -0.1) is 0 Å². The number of carbonyl (C=O) groups is 1. The number of hydrogen-bond donors (Lipinski definition) is 1. The molecular weight excluding hydrogens is 133 g/mol. The largest absolute Gasteiger partial charge is 0.274 e. The zero-order valence-corrected chi connectivity index (χ0v) is 6.11. The highest BCUT2D eigenvalue weighted by Gasteiger charge is 2.03. The molecule has 0 aromatic rings. The summed E-state index contributed by atoms with van der Waals surface area (Å²) in [6.07, 6.45) is 2.44. The van der Waals surface area contributed by atoms with Crippen LogP contribution in [0.25, 0.3) is 0 Å². The monoisotopic (exact) mass is 145 g/mol. The second-order valence-electron chi connectivity index (χ2n) is 2.13. The molecule has 1 amide bonds. The second-order valence-corrected chi connectivity index (χ2v) is 2.13. The molecule has 0 aromatic heterocycles. The summed E-state index contributed by atoms with van der Waals surface area (Å²) in [5.74, 6) is -0.701. The predicted octanol–water partition coefficient (Wildman–Crippen LogP) is 1.73. The van der Waals surface area contributed by atoms with Gasteiger partial charge in [0.05, 0.1) is 0 Å². The fourth-order valence-corrected chi connectivity index (χ4v) is 0.571. The van der Waals surface area contributed by atoms with Crippen molar-refractivity contribution in [1.29, 1.82) is 0 Å². The molecule has 0 aliphatic rings. The van der Waals surface area contributed by atoms with E-state index in [-0.39, 0.29) is 0 Å². The molecule has 0 aliphatic heterocycles. The van der Waals surface area contributed by atoms with Gasteiger partial charge < -0.3 is 0 Å². The Labute approximate surface area is 60.1 Å². The SMILES string of the molecule is C=C(CCCC)C(=O)NF. The number of halogens is 1. The molecule has 0 saturated heterocycles. The lowest BCUT2D eigenvalue weighted by atomic mass is 10.1. The van der Waals surface area contributed by atoms with E-state index < -0.39 is 5.91 Å². The van der Waals surface area contributed by atoms with Gasteiger partial charge in [-0.05, 0) is 12.8 Å². The number of amides is 1. The molecule has 0 bridgehead atoms. The molecule has 0 aliphatic carbocycles. The van der Waals surface area contributed by atoms with E-state index in [1.54, 1.807) is 0 Å². The van der Waals surface area contributed by atoms with Crippen molar-refractivity contribution in [2.75, 3.05) is 0 Å². The van der Waals surface area contributed by atoms with Crippen LogP contribution in [-0.2, 0) is 4.79 Å². The third kappa shape index (κ3) is 3.22. The van der Waals surface area contributed by atoms with E-state index in [0.717, 1.165) is 18.4 Å². The zero-order chi connectivity index (χ0) is 7.98. The molecule has 0 aromatic carbocycles. The molecule has 58 valence electrons. The van der Waals surface area contributed by atoms with Crippen LogP contribution in [0, 0.1) is 0 Å². The van der Waals surface area contributed by atoms with Crippen LogP contribution in [0.5, 0.6) is 0 Å². The van der Waals surface area contributed by atoms with Gasteiger partial charge in [-0.2, -0.15) is 5.54 Å². The molecule has 0 fully saturated rings. The zero-order valence-electron chi connectivity index (χ0n) is 6.11. The van der Waals surface area contributed by atoms with E-state index in [1.807, 2.05) is 6.92 Å². The maximum atomic E-state index is 11.4. The van der Waals surface area contributed by atoms with Crippen LogP contribution < -0.4 is 5.54 Å². The first-order chi connectivity index (χ1) is 4.72. The standard InChI is InChI=1S/C7H12FNO/c1-3-4-5-6(2)7(10)9-8/h2-5H2,1H3,(H,9,10). The Morgan fingerprint density at radius 2 is 2.30 bits per heavy atom. The Kier molecular flexibility index (Phi) is 4.54. The van der Waals surface area contributed by atoms with Crippen LogP contribution in [0.15, 0.2) is 12.2 Å². The van der Waals surface area contributed by atoms with Crippen LogP contribution in [-0.4, -0.2) is 5.91 Å². The number of hydrogen-bond acceptors (Lipinski definition) is 1. The maximum absolute atomic E-state index is 11.4. The summed E-state index contributed by atoms with van der Waals surface area (Å²) in [5, 5.41) is 0. The molecule has 0 unspecified atom stereocenters. The van der Waals surface area contributed by atoms with Crippen LogP contribution in [0.4, 0.5) is 4.48 Å². The fourth-order valence-electron chi connectivity index (χ4n) is 0.571. The lowest BCUT2D eigenvalue weighted by molar-refractivity contribution is -0.121. The van der Waals surface area contributed by atoms with Gasteiger partial charge in [-0.1, -0.05) is 24.4 Å². The molecule has 10 heavy (non-hydrogen) atoms. The lowest BCUT2D eigenvalue weighted by Crippen LogP contribution is -2.15. The van der Waals surface area contributed by atoms with Crippen molar-refractivity contribution in [1.82, 2.24) is 5.54 Å². The van der Waals surface area contributed by atoms with Crippen molar-refractivity contribution in [3.8, 4) is 0 Å². The van der Waals surface area contributed by atoms with Crippen molar-refractivity contribution < 1.29 is 9.28 Å². The summed E-state index contributed by atoms with van der Waals surface area (Å²) in [5.41, 5.74) is 1.34. The Balaban J connectivity index is 3.52. The summed E-state index contributed by atoms with van der Waals surface area (Å²) in [6, 6.07) is 0. The quantitative estimate of drug-likeness (QED) is 0.473. The van der Waals surface area contributed by atoms with Crippen LogP contribution in [0.1, 0.15) is 26.2 Å². The minimum Gasteiger partial charge on any atom is -0.267 e. The number of carbonyl (C=O) groups excluding carboxylic acids is 1. The number of nitrogens with one attached hydrogen (secondary N) is 1. The molecular formula is C7H12FNO. The summed E-state index contributed by atoms with van der Waals surface area (Å²) >= 11 is 0. The van der Waals surface area contributed by atoms with E-state index in [9.17, 15) is 9.28 Å². The first kappa shape index (κ1) is 9.14. The van der Waals surface area contributed by atoms with Gasteiger partial charge in [0.2, 0.25) is 0 Å². The minimum atomic E-state index is -0.701. The predicted molar refractivity (Wildman–Crippen MR) is 37.9 cm³/mol. The molecule has 0 rings (SSSR count). The van der Waals surface area contributed by atoms with Crippen LogP contribution in [0.3, 0.4) is 0 Å². The molecule has 0 atom stereocenters.